The molecule has 0 unspecified atom stereocenters. The van der Waals surface area contributed by atoms with E-state index in [4.69, 9.17) is 11.6 Å². The van der Waals surface area contributed by atoms with Gasteiger partial charge in [0.05, 0.1) is 21.2 Å². The quantitative estimate of drug-likeness (QED) is 0.0678. The van der Waals surface area contributed by atoms with E-state index < -0.39 is 62.2 Å². The van der Waals surface area contributed by atoms with Gasteiger partial charge in [-0.3, -0.25) is 0 Å². The van der Waals surface area contributed by atoms with Crippen molar-refractivity contribution >= 4 is 81.4 Å². The average molecular weight is 788 g/mol. The second kappa shape index (κ2) is 17.8. The molecule has 0 saturated heterocycles. The van der Waals surface area contributed by atoms with Crippen molar-refractivity contribution in [1.29, 1.82) is 0 Å². The van der Waals surface area contributed by atoms with Crippen LogP contribution < -0.4 is 99.3 Å². The van der Waals surface area contributed by atoms with E-state index in [1.165, 1.54) is 42.5 Å². The number of anilines is 3. The maximum absolute atomic E-state index is 12.1. The van der Waals surface area contributed by atoms with E-state index in [1.807, 2.05) is 0 Å². The van der Waals surface area contributed by atoms with Gasteiger partial charge in [-0.1, -0.05) is 18.2 Å². The Labute approximate surface area is 356 Å². The number of rotatable bonds is 10. The molecule has 0 saturated carbocycles. The number of halogens is 1. The number of hydrogen-bond donors (Lipinski definition) is 3. The summed E-state index contributed by atoms with van der Waals surface area (Å²) < 4.78 is 105. The zero-order valence-electron chi connectivity index (χ0n) is 26.1. The molecule has 0 aliphatic rings. The minimum absolute atomic E-state index is 0. The topological polar surface area (TPSA) is 279 Å². The molecule has 50 heavy (non-hydrogen) atoms. The molecule has 1 heterocycles. The number of aromatic hydroxyl groups is 1. The molecule has 0 fully saturated rings. The number of hydrogen-bond acceptors (Lipinski definition) is 17. The van der Waals surface area contributed by atoms with Crippen LogP contribution in [0.5, 0.6) is 5.75 Å². The van der Waals surface area contributed by atoms with E-state index in [1.54, 1.807) is 0 Å². The average Bonchev–Trinajstić information content (AvgIpc) is 2.98. The van der Waals surface area contributed by atoms with Crippen LogP contribution in [-0.2, 0) is 36.9 Å². The van der Waals surface area contributed by atoms with Crippen LogP contribution in [0.3, 0.4) is 0 Å². The molecule has 24 heteroatoms. The second-order valence-electron chi connectivity index (χ2n) is 9.39. The number of azo groups is 1. The van der Waals surface area contributed by atoms with Crippen LogP contribution in [0.15, 0.2) is 97.7 Å². The first-order valence-corrected chi connectivity index (χ1v) is 17.3. The van der Waals surface area contributed by atoms with Gasteiger partial charge in [-0.15, -0.1) is 10.2 Å². The Morgan fingerprint density at radius 3 is 2.06 bits per heavy atom. The Kier molecular flexibility index (Phi) is 15.8. The summed E-state index contributed by atoms with van der Waals surface area (Å²) in [4.78, 5) is 9.91. The number of fused-ring (bicyclic) bond motifs is 1. The third-order valence-corrected chi connectivity index (χ3v) is 8.93. The predicted molar refractivity (Wildman–Crippen MR) is 162 cm³/mol. The molecule has 0 aliphatic heterocycles. The van der Waals surface area contributed by atoms with Crippen molar-refractivity contribution < 1.29 is 133 Å². The van der Waals surface area contributed by atoms with Crippen molar-refractivity contribution in [3.63, 3.8) is 0 Å². The summed E-state index contributed by atoms with van der Waals surface area (Å²) in [6.07, 6.45) is 0. The van der Waals surface area contributed by atoms with Gasteiger partial charge in [0.25, 0.3) is 0 Å². The first kappa shape index (κ1) is 44.3. The molecule has 0 bridgehead atoms. The maximum atomic E-state index is 12.1. The van der Waals surface area contributed by atoms with Gasteiger partial charge < -0.3 is 29.4 Å². The molecule has 0 atom stereocenters. The van der Waals surface area contributed by atoms with Crippen molar-refractivity contribution in [2.75, 3.05) is 10.6 Å². The normalized spacial score (nSPS) is 11.7. The Morgan fingerprint density at radius 2 is 1.40 bits per heavy atom. The van der Waals surface area contributed by atoms with Gasteiger partial charge in [-0.2, -0.15) is 9.97 Å². The Bertz CT molecular complexity index is 2430. The summed E-state index contributed by atoms with van der Waals surface area (Å²) in [6, 6.07) is 14.9. The van der Waals surface area contributed by atoms with Crippen LogP contribution >= 0.6 is 11.6 Å². The van der Waals surface area contributed by atoms with E-state index in [2.05, 4.69) is 35.8 Å². The number of phenolic OH excluding ortho intramolecular Hbond substituents is 1. The first-order valence-electron chi connectivity index (χ1n) is 12.7. The molecular formula is C26H17ClN7Na3O10S3. The molecule has 0 radical (unpaired) electrons. The van der Waals surface area contributed by atoms with Crippen LogP contribution in [0.2, 0.25) is 5.28 Å². The van der Waals surface area contributed by atoms with Gasteiger partial charge >= 0.3 is 88.7 Å². The molecule has 5 aromatic rings. The minimum Gasteiger partial charge on any atom is -0.744 e. The van der Waals surface area contributed by atoms with E-state index in [-0.39, 0.29) is 129 Å². The maximum Gasteiger partial charge on any atom is 1.00 e. The fourth-order valence-electron chi connectivity index (χ4n) is 4.17. The Balaban J connectivity index is 0.00000289. The van der Waals surface area contributed by atoms with E-state index >= 15 is 0 Å². The summed E-state index contributed by atoms with van der Waals surface area (Å²) in [5.74, 6) is -0.737. The van der Waals surface area contributed by atoms with Crippen molar-refractivity contribution in [1.82, 2.24) is 15.0 Å². The molecule has 1 aromatic heterocycles. The molecule has 244 valence electrons. The van der Waals surface area contributed by atoms with Gasteiger partial charge in [0.15, 0.2) is 11.6 Å². The van der Waals surface area contributed by atoms with Crippen LogP contribution in [0, 0.1) is 0 Å². The molecule has 0 spiro atoms. The zero-order chi connectivity index (χ0) is 34.1. The van der Waals surface area contributed by atoms with Gasteiger partial charge in [0.1, 0.15) is 41.7 Å². The number of aromatic nitrogens is 3. The predicted octanol–water partition coefficient (Wildman–Crippen LogP) is -5.12. The summed E-state index contributed by atoms with van der Waals surface area (Å²) in [5.41, 5.74) is -0.698. The second-order valence-corrected chi connectivity index (χ2v) is 13.8. The minimum atomic E-state index is -5.27. The molecule has 3 N–H and O–H groups in total. The summed E-state index contributed by atoms with van der Waals surface area (Å²) in [7, 11) is -15.0. The largest absolute Gasteiger partial charge is 1.00 e. The summed E-state index contributed by atoms with van der Waals surface area (Å²) >= 11 is 6.02. The SMILES string of the molecule is O=S(=O)([O-])c1cccc(Nc2nc(Cl)nc(CNc3ccc4c(O)c(N=Nc5ccccc5S(=O)(=O)[O-])c(S(=O)(=O)[O-])cc4c3)n2)c1.[Na+].[Na+].[Na+]. The number of benzene rings is 4. The fourth-order valence-corrected chi connectivity index (χ4v) is 6.12. The summed E-state index contributed by atoms with van der Waals surface area (Å²) in [6.45, 7) is -0.0789. The van der Waals surface area contributed by atoms with Crippen LogP contribution in [0.25, 0.3) is 10.8 Å². The molecule has 5 rings (SSSR count). The standard InChI is InChI=1S/C26H20ClN7O10S3.3Na/c27-25-30-22(31-26(32-25)29-16-4-3-5-17(12-16)45(36,37)38)13-28-15-8-9-18-14(10-15)11-21(47(42,43)44)23(24(18)35)34-33-19-6-1-2-7-20(19)46(39,40)41;;;/h1-12,28,35H,13H2,(H,36,37,38)(H,39,40,41)(H,42,43,44)(H,29,30,31,32);;;/q;3*+1/p-3. The van der Waals surface area contributed by atoms with Crippen molar-refractivity contribution in [3.8, 4) is 5.75 Å². The number of nitrogens with zero attached hydrogens (tertiary/aromatic N) is 5. The van der Waals surface area contributed by atoms with E-state index in [0.29, 0.717) is 5.69 Å². The third kappa shape index (κ3) is 11.1. The number of phenols is 1. The Hall–Kier alpha value is -1.83. The van der Waals surface area contributed by atoms with Crippen molar-refractivity contribution in [2.24, 2.45) is 10.2 Å². The molecule has 4 aromatic carbocycles. The molecule has 0 aliphatic carbocycles. The van der Waals surface area contributed by atoms with Gasteiger partial charge in [0.2, 0.25) is 11.2 Å². The van der Waals surface area contributed by atoms with Gasteiger partial charge in [-0.25, -0.2) is 30.2 Å². The van der Waals surface area contributed by atoms with E-state index in [9.17, 15) is 44.0 Å². The molecular weight excluding hydrogens is 771 g/mol. The van der Waals surface area contributed by atoms with Crippen LogP contribution in [0.1, 0.15) is 5.82 Å². The first-order chi connectivity index (χ1) is 22.0. The zero-order valence-corrected chi connectivity index (χ0v) is 35.3. The van der Waals surface area contributed by atoms with Crippen LogP contribution in [-0.4, -0.2) is 59.0 Å². The van der Waals surface area contributed by atoms with Crippen LogP contribution in [0.4, 0.5) is 28.7 Å². The fraction of sp³-hybridized carbons (Fsp3) is 0.0385. The number of nitrogens with one attached hydrogen (secondary N) is 2. The molecule has 0 amide bonds. The Morgan fingerprint density at radius 1 is 0.720 bits per heavy atom. The smallest absolute Gasteiger partial charge is 0.744 e. The molecule has 17 nitrogen and oxygen atoms in total. The summed E-state index contributed by atoms with van der Waals surface area (Å²) in [5, 5.41) is 23.7. The van der Waals surface area contributed by atoms with E-state index in [0.717, 1.165) is 30.3 Å². The van der Waals surface area contributed by atoms with Crippen molar-refractivity contribution in [2.45, 2.75) is 21.2 Å². The van der Waals surface area contributed by atoms with Gasteiger partial charge in [-0.05, 0) is 71.6 Å². The van der Waals surface area contributed by atoms with Gasteiger partial charge in [0, 0.05) is 16.8 Å². The third-order valence-electron chi connectivity index (χ3n) is 6.20. The monoisotopic (exact) mass is 787 g/mol. The van der Waals surface area contributed by atoms with Crippen molar-refractivity contribution in [3.05, 3.63) is 83.9 Å².